The Bertz CT molecular complexity index is 351. The topological polar surface area (TPSA) is 64.6 Å². The van der Waals surface area contributed by atoms with Gasteiger partial charge in [0.1, 0.15) is 0 Å². The van der Waals surface area contributed by atoms with Crippen LogP contribution in [0.3, 0.4) is 0 Å². The van der Waals surface area contributed by atoms with Crippen molar-refractivity contribution in [3.63, 3.8) is 0 Å². The zero-order valence-electron chi connectivity index (χ0n) is 14.7. The van der Waals surface area contributed by atoms with Crippen LogP contribution in [0, 0.1) is 5.92 Å². The van der Waals surface area contributed by atoms with E-state index in [0.29, 0.717) is 18.5 Å². The lowest BCUT2D eigenvalue weighted by molar-refractivity contribution is 0.101. The van der Waals surface area contributed by atoms with Gasteiger partial charge in [-0.05, 0) is 57.5 Å². The minimum atomic E-state index is -0.173. The van der Waals surface area contributed by atoms with Crippen LogP contribution in [0.4, 0.5) is 4.79 Å². The summed E-state index contributed by atoms with van der Waals surface area (Å²) in [5.74, 6) is 0.431. The third kappa shape index (κ3) is 6.68. The van der Waals surface area contributed by atoms with Crippen molar-refractivity contribution in [1.82, 2.24) is 15.5 Å². The number of amides is 2. The molecule has 5 heteroatoms. The van der Waals surface area contributed by atoms with Gasteiger partial charge in [-0.2, -0.15) is 0 Å². The smallest absolute Gasteiger partial charge is 0.314 e. The molecular weight excluding hydrogens is 290 g/mol. The molecule has 1 saturated carbocycles. The lowest BCUT2D eigenvalue weighted by Crippen LogP contribution is -2.49. The van der Waals surface area contributed by atoms with E-state index in [2.05, 4.69) is 22.5 Å². The van der Waals surface area contributed by atoms with Gasteiger partial charge in [-0.3, -0.25) is 4.90 Å². The summed E-state index contributed by atoms with van der Waals surface area (Å²) >= 11 is 0. The van der Waals surface area contributed by atoms with Crippen molar-refractivity contribution in [2.24, 2.45) is 5.92 Å². The van der Waals surface area contributed by atoms with Gasteiger partial charge in [0.25, 0.3) is 0 Å². The van der Waals surface area contributed by atoms with E-state index in [1.165, 1.54) is 38.6 Å². The molecule has 2 fully saturated rings. The number of carbonyl (C=O) groups excluding carboxylic acids is 1. The van der Waals surface area contributed by atoms with Crippen LogP contribution >= 0.6 is 0 Å². The Hall–Kier alpha value is -0.810. The lowest BCUT2D eigenvalue weighted by Gasteiger charge is -2.35. The zero-order valence-corrected chi connectivity index (χ0v) is 14.7. The molecule has 0 spiro atoms. The van der Waals surface area contributed by atoms with Crippen molar-refractivity contribution in [2.45, 2.75) is 76.9 Å². The van der Waals surface area contributed by atoms with Gasteiger partial charge in [0.15, 0.2) is 0 Å². The molecule has 5 nitrogen and oxygen atoms in total. The van der Waals surface area contributed by atoms with Crippen LogP contribution < -0.4 is 10.6 Å². The number of urea groups is 1. The molecule has 1 heterocycles. The number of hydrogen-bond acceptors (Lipinski definition) is 3. The molecule has 0 aromatic heterocycles. The van der Waals surface area contributed by atoms with Crippen molar-refractivity contribution in [3.05, 3.63) is 0 Å². The highest BCUT2D eigenvalue weighted by Crippen LogP contribution is 2.23. The number of unbranched alkanes of at least 4 members (excludes halogenated alkanes) is 1. The van der Waals surface area contributed by atoms with Crippen LogP contribution in [0.5, 0.6) is 0 Å². The number of likely N-dealkylation sites (tertiary alicyclic amines) is 1. The number of aliphatic hydroxyl groups excluding tert-OH is 1. The highest BCUT2D eigenvalue weighted by Gasteiger charge is 2.23. The van der Waals surface area contributed by atoms with Gasteiger partial charge in [-0.15, -0.1) is 0 Å². The van der Waals surface area contributed by atoms with Gasteiger partial charge >= 0.3 is 6.03 Å². The quantitative estimate of drug-likeness (QED) is 0.674. The first-order valence-electron chi connectivity index (χ1n) is 9.62. The summed E-state index contributed by atoms with van der Waals surface area (Å²) in [5, 5.41) is 15.7. The molecule has 1 saturated heterocycles. The van der Waals surface area contributed by atoms with Crippen LogP contribution in [-0.4, -0.2) is 54.4 Å². The third-order valence-electron chi connectivity index (χ3n) is 5.35. The summed E-state index contributed by atoms with van der Waals surface area (Å²) in [6.07, 6.45) is 9.98. The Kier molecular flexibility index (Phi) is 8.17. The summed E-state index contributed by atoms with van der Waals surface area (Å²) in [6, 6.07) is 0.448. The van der Waals surface area contributed by atoms with E-state index in [1.54, 1.807) is 0 Å². The van der Waals surface area contributed by atoms with Gasteiger partial charge in [0.2, 0.25) is 0 Å². The van der Waals surface area contributed by atoms with Gasteiger partial charge in [0, 0.05) is 19.1 Å². The van der Waals surface area contributed by atoms with Crippen LogP contribution in [-0.2, 0) is 0 Å². The average Bonchev–Trinajstić information content (AvgIpc) is 2.57. The van der Waals surface area contributed by atoms with E-state index in [0.717, 1.165) is 38.8 Å². The molecule has 134 valence electrons. The van der Waals surface area contributed by atoms with E-state index in [4.69, 9.17) is 0 Å². The van der Waals surface area contributed by atoms with E-state index >= 15 is 0 Å². The van der Waals surface area contributed by atoms with Crippen LogP contribution in [0.15, 0.2) is 0 Å². The molecule has 2 amide bonds. The standard InChI is InChI=1S/C18H35N3O2/c1-2-3-10-21-11-5-4-8-16(21)14-20-18(23)19-13-15-7-6-9-17(22)12-15/h15-17,22H,2-14H2,1H3,(H2,19,20,23). The molecule has 0 radical (unpaired) electrons. The van der Waals surface area contributed by atoms with Crippen molar-refractivity contribution < 1.29 is 9.90 Å². The summed E-state index contributed by atoms with van der Waals surface area (Å²) in [5.41, 5.74) is 0. The highest BCUT2D eigenvalue weighted by atomic mass is 16.3. The van der Waals surface area contributed by atoms with E-state index in [-0.39, 0.29) is 12.1 Å². The number of carbonyl (C=O) groups is 1. The molecule has 23 heavy (non-hydrogen) atoms. The maximum absolute atomic E-state index is 12.0. The summed E-state index contributed by atoms with van der Waals surface area (Å²) in [4.78, 5) is 14.6. The Morgan fingerprint density at radius 1 is 1.13 bits per heavy atom. The second kappa shape index (κ2) is 10.1. The Morgan fingerprint density at radius 2 is 1.96 bits per heavy atom. The number of nitrogens with one attached hydrogen (secondary N) is 2. The predicted octanol–water partition coefficient (Wildman–Crippen LogP) is 2.49. The molecule has 0 aromatic rings. The minimum Gasteiger partial charge on any atom is -0.393 e. The average molecular weight is 325 g/mol. The van der Waals surface area contributed by atoms with Gasteiger partial charge < -0.3 is 15.7 Å². The molecule has 1 aliphatic carbocycles. The van der Waals surface area contributed by atoms with E-state index in [9.17, 15) is 9.90 Å². The van der Waals surface area contributed by atoms with Crippen molar-refractivity contribution in [3.8, 4) is 0 Å². The number of nitrogens with zero attached hydrogens (tertiary/aromatic N) is 1. The zero-order chi connectivity index (χ0) is 16.5. The first kappa shape index (κ1) is 18.5. The molecule has 3 N–H and O–H groups in total. The minimum absolute atomic E-state index is 0.0499. The fourth-order valence-electron chi connectivity index (χ4n) is 3.90. The second-order valence-corrected chi connectivity index (χ2v) is 7.32. The Labute approximate surface area is 141 Å². The molecule has 1 aliphatic heterocycles. The first-order chi connectivity index (χ1) is 11.2. The lowest BCUT2D eigenvalue weighted by atomic mass is 9.87. The van der Waals surface area contributed by atoms with Gasteiger partial charge in [0.05, 0.1) is 6.10 Å². The summed E-state index contributed by atoms with van der Waals surface area (Å²) in [7, 11) is 0. The van der Waals surface area contributed by atoms with Crippen molar-refractivity contribution >= 4 is 6.03 Å². The molecule has 0 aromatic carbocycles. The van der Waals surface area contributed by atoms with Gasteiger partial charge in [-0.1, -0.05) is 26.2 Å². The molecular formula is C18H35N3O2. The maximum Gasteiger partial charge on any atom is 0.314 e. The largest absolute Gasteiger partial charge is 0.393 e. The monoisotopic (exact) mass is 325 g/mol. The van der Waals surface area contributed by atoms with Crippen molar-refractivity contribution in [1.29, 1.82) is 0 Å². The number of hydrogen-bond donors (Lipinski definition) is 3. The fourth-order valence-corrected chi connectivity index (χ4v) is 3.90. The second-order valence-electron chi connectivity index (χ2n) is 7.32. The summed E-state index contributed by atoms with van der Waals surface area (Å²) < 4.78 is 0. The van der Waals surface area contributed by atoms with E-state index in [1.807, 2.05) is 0 Å². The molecule has 3 unspecified atom stereocenters. The number of rotatable bonds is 7. The SMILES string of the molecule is CCCCN1CCCCC1CNC(=O)NCC1CCCC(O)C1. The number of piperidine rings is 1. The van der Waals surface area contributed by atoms with Gasteiger partial charge in [-0.25, -0.2) is 4.79 Å². The van der Waals surface area contributed by atoms with E-state index < -0.39 is 0 Å². The van der Waals surface area contributed by atoms with Crippen LogP contribution in [0.2, 0.25) is 0 Å². The molecule has 2 rings (SSSR count). The molecule has 0 bridgehead atoms. The highest BCUT2D eigenvalue weighted by molar-refractivity contribution is 5.73. The molecule has 2 aliphatic rings. The first-order valence-corrected chi connectivity index (χ1v) is 9.62. The fraction of sp³-hybridized carbons (Fsp3) is 0.944. The van der Waals surface area contributed by atoms with Crippen molar-refractivity contribution in [2.75, 3.05) is 26.2 Å². The third-order valence-corrected chi connectivity index (χ3v) is 5.35. The van der Waals surface area contributed by atoms with Crippen LogP contribution in [0.1, 0.15) is 64.7 Å². The number of aliphatic hydroxyl groups is 1. The maximum atomic E-state index is 12.0. The summed E-state index contributed by atoms with van der Waals surface area (Å²) in [6.45, 7) is 6.00. The Balaban J connectivity index is 1.64. The van der Waals surface area contributed by atoms with Crippen LogP contribution in [0.25, 0.3) is 0 Å². The normalized spacial score (nSPS) is 29.2. The molecule has 3 atom stereocenters. The Morgan fingerprint density at radius 3 is 2.74 bits per heavy atom. The predicted molar refractivity (Wildman–Crippen MR) is 93.5 cm³/mol.